The van der Waals surface area contributed by atoms with Crippen LogP contribution in [0.2, 0.25) is 0 Å². The number of terminal acetylenes is 2. The highest BCUT2D eigenvalue weighted by Crippen LogP contribution is 2.65. The van der Waals surface area contributed by atoms with E-state index in [0.29, 0.717) is 13.0 Å². The molecule has 0 amide bonds. The minimum absolute atomic E-state index is 0.0282. The lowest BCUT2D eigenvalue weighted by molar-refractivity contribution is -0.308. The van der Waals surface area contributed by atoms with Gasteiger partial charge in [0.25, 0.3) is 0 Å². The van der Waals surface area contributed by atoms with E-state index < -0.39 is 16.6 Å². The number of fused-ring (bicyclic) bond motifs is 1. The zero-order chi connectivity index (χ0) is 15.1. The Balaban J connectivity index is 2.19. The highest BCUT2D eigenvalue weighted by molar-refractivity contribution is 5.34. The van der Waals surface area contributed by atoms with E-state index in [-0.39, 0.29) is 18.3 Å². The molecule has 3 fully saturated rings. The summed E-state index contributed by atoms with van der Waals surface area (Å²) in [5.41, 5.74) is -2.87. The number of hydrogen-bond acceptors (Lipinski definition) is 3. The second kappa shape index (κ2) is 4.78. The maximum absolute atomic E-state index is 11.5. The van der Waals surface area contributed by atoms with Crippen molar-refractivity contribution in [3.8, 4) is 30.8 Å². The molecular formula is C18H21NO2. The average Bonchev–Trinajstić information content (AvgIpc) is 2.49. The standard InChI is InChI=1S/C18H21NO2/c1-3-14-7-5-8-15-13-21-16(11-12-19)9-6-10-17(14,15)18(16,20)4-2/h1-2,14-15,20H,5-11,13H2. The highest BCUT2D eigenvalue weighted by atomic mass is 16.5. The number of hydrogen-bond donors (Lipinski definition) is 1. The first-order valence-electron chi connectivity index (χ1n) is 7.77. The summed E-state index contributed by atoms with van der Waals surface area (Å²) in [5, 5.41) is 20.7. The van der Waals surface area contributed by atoms with Gasteiger partial charge in [0.15, 0.2) is 5.60 Å². The fraction of sp³-hybridized carbons (Fsp3) is 0.722. The van der Waals surface area contributed by atoms with Gasteiger partial charge in [0.05, 0.1) is 19.1 Å². The molecule has 1 N–H and O–H groups in total. The molecule has 0 aromatic carbocycles. The van der Waals surface area contributed by atoms with Gasteiger partial charge < -0.3 is 9.84 Å². The molecule has 21 heavy (non-hydrogen) atoms. The number of rotatable bonds is 1. The predicted octanol–water partition coefficient (Wildman–Crippen LogP) is 2.25. The van der Waals surface area contributed by atoms with Crippen LogP contribution in [-0.4, -0.2) is 22.9 Å². The number of nitrogens with zero attached hydrogens (tertiary/aromatic N) is 1. The molecule has 3 rings (SSSR count). The van der Waals surface area contributed by atoms with Crippen molar-refractivity contribution in [3.63, 3.8) is 0 Å². The molecule has 2 saturated carbocycles. The SMILES string of the molecule is C#CC1CCCC2COC3(CC#N)CCCC12C3(O)C#C. The van der Waals surface area contributed by atoms with Gasteiger partial charge in [0, 0.05) is 11.3 Å². The first-order valence-corrected chi connectivity index (χ1v) is 7.77. The van der Waals surface area contributed by atoms with Crippen molar-refractivity contribution in [3.05, 3.63) is 0 Å². The molecule has 5 unspecified atom stereocenters. The van der Waals surface area contributed by atoms with Crippen molar-refractivity contribution in [2.24, 2.45) is 17.3 Å². The molecule has 1 saturated heterocycles. The van der Waals surface area contributed by atoms with Crippen LogP contribution in [-0.2, 0) is 4.74 Å². The molecule has 0 aromatic heterocycles. The van der Waals surface area contributed by atoms with Crippen LogP contribution in [0.3, 0.4) is 0 Å². The van der Waals surface area contributed by atoms with Gasteiger partial charge in [-0.25, -0.2) is 0 Å². The van der Waals surface area contributed by atoms with E-state index in [0.717, 1.165) is 32.1 Å². The lowest BCUT2D eigenvalue weighted by Gasteiger charge is -2.66. The Morgan fingerprint density at radius 3 is 2.71 bits per heavy atom. The second-order valence-corrected chi connectivity index (χ2v) is 6.74. The van der Waals surface area contributed by atoms with E-state index in [1.54, 1.807) is 0 Å². The zero-order valence-electron chi connectivity index (χ0n) is 12.3. The third-order valence-corrected chi connectivity index (χ3v) is 6.24. The van der Waals surface area contributed by atoms with Crippen LogP contribution in [0.25, 0.3) is 0 Å². The molecular weight excluding hydrogens is 262 g/mol. The molecule has 0 radical (unpaired) electrons. The molecule has 110 valence electrons. The van der Waals surface area contributed by atoms with Crippen molar-refractivity contribution in [2.45, 2.75) is 56.1 Å². The van der Waals surface area contributed by atoms with Gasteiger partial charge in [-0.3, -0.25) is 0 Å². The summed E-state index contributed by atoms with van der Waals surface area (Å²) in [5.74, 6) is 5.72. The summed E-state index contributed by atoms with van der Waals surface area (Å²) >= 11 is 0. The van der Waals surface area contributed by atoms with Crippen molar-refractivity contribution >= 4 is 0 Å². The fourth-order valence-corrected chi connectivity index (χ4v) is 5.31. The van der Waals surface area contributed by atoms with Crippen molar-refractivity contribution < 1.29 is 9.84 Å². The molecule has 0 aromatic rings. The van der Waals surface area contributed by atoms with Crippen LogP contribution in [0.15, 0.2) is 0 Å². The average molecular weight is 283 g/mol. The maximum Gasteiger partial charge on any atom is 0.161 e. The van der Waals surface area contributed by atoms with E-state index in [4.69, 9.17) is 17.6 Å². The maximum atomic E-state index is 11.5. The molecule has 1 heterocycles. The third-order valence-electron chi connectivity index (χ3n) is 6.24. The van der Waals surface area contributed by atoms with Crippen LogP contribution in [0, 0.1) is 53.3 Å². The largest absolute Gasteiger partial charge is 0.374 e. The quantitative estimate of drug-likeness (QED) is 0.751. The molecule has 3 aliphatic rings. The molecule has 1 spiro atoms. The molecule has 5 atom stereocenters. The molecule has 2 aliphatic carbocycles. The number of ether oxygens (including phenoxy) is 1. The Hall–Kier alpha value is -1.47. The van der Waals surface area contributed by atoms with E-state index >= 15 is 0 Å². The van der Waals surface area contributed by atoms with Gasteiger partial charge in [-0.2, -0.15) is 5.26 Å². The summed E-state index contributed by atoms with van der Waals surface area (Å²) in [6, 6.07) is 2.17. The van der Waals surface area contributed by atoms with E-state index in [2.05, 4.69) is 17.9 Å². The van der Waals surface area contributed by atoms with Crippen LogP contribution in [0.5, 0.6) is 0 Å². The first kappa shape index (κ1) is 14.5. The lowest BCUT2D eigenvalue weighted by atomic mass is 9.43. The Kier molecular flexibility index (Phi) is 3.29. The Labute approximate surface area is 126 Å². The molecule has 3 nitrogen and oxygen atoms in total. The van der Waals surface area contributed by atoms with Gasteiger partial charge in [-0.15, -0.1) is 18.8 Å². The monoisotopic (exact) mass is 283 g/mol. The lowest BCUT2D eigenvalue weighted by Crippen LogP contribution is -2.75. The van der Waals surface area contributed by atoms with E-state index in [9.17, 15) is 10.4 Å². The fourth-order valence-electron chi connectivity index (χ4n) is 5.31. The summed E-state index contributed by atoms with van der Waals surface area (Å²) in [7, 11) is 0. The minimum Gasteiger partial charge on any atom is -0.374 e. The Morgan fingerprint density at radius 2 is 2.05 bits per heavy atom. The number of nitriles is 1. The van der Waals surface area contributed by atoms with E-state index in [1.165, 1.54) is 0 Å². The van der Waals surface area contributed by atoms with Crippen molar-refractivity contribution in [1.29, 1.82) is 5.26 Å². The topological polar surface area (TPSA) is 53.2 Å². The van der Waals surface area contributed by atoms with Gasteiger partial charge in [-0.05, 0) is 38.0 Å². The van der Waals surface area contributed by atoms with Crippen LogP contribution >= 0.6 is 0 Å². The van der Waals surface area contributed by atoms with Gasteiger partial charge >= 0.3 is 0 Å². The smallest absolute Gasteiger partial charge is 0.161 e. The summed E-state index contributed by atoms with van der Waals surface area (Å²) in [4.78, 5) is 0. The highest BCUT2D eigenvalue weighted by Gasteiger charge is 2.72. The summed E-state index contributed by atoms with van der Waals surface area (Å²) < 4.78 is 6.06. The summed E-state index contributed by atoms with van der Waals surface area (Å²) in [6.45, 7) is 0.559. The molecule has 2 bridgehead atoms. The number of aliphatic hydroxyl groups is 1. The van der Waals surface area contributed by atoms with Crippen LogP contribution < -0.4 is 0 Å². The molecule has 3 heteroatoms. The van der Waals surface area contributed by atoms with Gasteiger partial charge in [0.2, 0.25) is 0 Å². The van der Waals surface area contributed by atoms with Crippen LogP contribution in [0.1, 0.15) is 44.9 Å². The minimum atomic E-state index is -1.44. The van der Waals surface area contributed by atoms with Gasteiger partial charge in [0.1, 0.15) is 5.60 Å². The predicted molar refractivity (Wildman–Crippen MR) is 78.6 cm³/mol. The first-order chi connectivity index (χ1) is 10.1. The van der Waals surface area contributed by atoms with Crippen LogP contribution in [0.4, 0.5) is 0 Å². The Bertz CT molecular complexity index is 565. The zero-order valence-corrected chi connectivity index (χ0v) is 12.3. The van der Waals surface area contributed by atoms with Crippen molar-refractivity contribution in [2.75, 3.05) is 6.61 Å². The molecule has 1 aliphatic heterocycles. The van der Waals surface area contributed by atoms with Gasteiger partial charge in [-0.1, -0.05) is 12.3 Å². The van der Waals surface area contributed by atoms with E-state index in [1.807, 2.05) is 0 Å². The second-order valence-electron chi connectivity index (χ2n) is 6.74. The normalized spacial score (nSPS) is 48.3. The third kappa shape index (κ3) is 1.53. The van der Waals surface area contributed by atoms with Crippen molar-refractivity contribution in [1.82, 2.24) is 0 Å². The summed E-state index contributed by atoms with van der Waals surface area (Å²) in [6.07, 6.45) is 17.0. The Morgan fingerprint density at radius 1 is 1.24 bits per heavy atom.